The summed E-state index contributed by atoms with van der Waals surface area (Å²) in [5.41, 5.74) is 2.00. The molecular formula is C25H28N4O3. The number of ether oxygens (including phenoxy) is 3. The topological polar surface area (TPSA) is 71.3 Å². The summed E-state index contributed by atoms with van der Waals surface area (Å²) < 4.78 is 20.1. The number of aromatic nitrogens is 4. The molecule has 2 bridgehead atoms. The van der Waals surface area contributed by atoms with Crippen LogP contribution in [0.3, 0.4) is 0 Å². The molecule has 5 heterocycles. The Morgan fingerprint density at radius 1 is 1.12 bits per heavy atom. The van der Waals surface area contributed by atoms with E-state index in [0.29, 0.717) is 18.6 Å². The van der Waals surface area contributed by atoms with E-state index < -0.39 is 0 Å². The van der Waals surface area contributed by atoms with Gasteiger partial charge in [0.1, 0.15) is 18.2 Å². The van der Waals surface area contributed by atoms with Gasteiger partial charge in [0.2, 0.25) is 0 Å². The number of benzene rings is 1. The van der Waals surface area contributed by atoms with Crippen LogP contribution in [0.2, 0.25) is 0 Å². The first-order chi connectivity index (χ1) is 15.8. The molecule has 1 aromatic carbocycles. The van der Waals surface area contributed by atoms with Crippen LogP contribution < -0.4 is 4.74 Å². The molecular weight excluding hydrogens is 404 g/mol. The zero-order valence-electron chi connectivity index (χ0n) is 18.1. The first kappa shape index (κ1) is 19.9. The maximum atomic E-state index is 6.13. The van der Waals surface area contributed by atoms with Crippen molar-refractivity contribution in [3.63, 3.8) is 0 Å². The van der Waals surface area contributed by atoms with Crippen LogP contribution in [-0.2, 0) is 22.6 Å². The molecule has 1 unspecified atom stereocenters. The highest BCUT2D eigenvalue weighted by Crippen LogP contribution is 2.44. The summed E-state index contributed by atoms with van der Waals surface area (Å²) in [6.45, 7) is 2.08. The Morgan fingerprint density at radius 3 is 2.91 bits per heavy atom. The smallest absolute Gasteiger partial charge is 0.181 e. The molecule has 6 rings (SSSR count). The molecule has 0 aliphatic carbocycles. The van der Waals surface area contributed by atoms with Crippen LogP contribution in [0.15, 0.2) is 48.8 Å². The van der Waals surface area contributed by atoms with Gasteiger partial charge in [0, 0.05) is 36.0 Å². The van der Waals surface area contributed by atoms with E-state index in [2.05, 4.69) is 9.67 Å². The minimum absolute atomic E-state index is 0.219. The van der Waals surface area contributed by atoms with E-state index in [1.165, 1.54) is 6.42 Å². The molecule has 166 valence electrons. The summed E-state index contributed by atoms with van der Waals surface area (Å²) in [7, 11) is 0. The summed E-state index contributed by atoms with van der Waals surface area (Å²) in [5, 5.41) is 4.94. The van der Waals surface area contributed by atoms with Crippen molar-refractivity contribution >= 4 is 0 Å². The molecule has 2 aromatic heterocycles. The Morgan fingerprint density at radius 2 is 2.12 bits per heavy atom. The van der Waals surface area contributed by atoms with Crippen LogP contribution in [0.5, 0.6) is 5.75 Å². The van der Waals surface area contributed by atoms with Gasteiger partial charge in [0.15, 0.2) is 5.82 Å². The number of fused-ring (bicyclic) bond motifs is 2. The molecule has 0 spiro atoms. The van der Waals surface area contributed by atoms with Gasteiger partial charge in [-0.25, -0.2) is 9.67 Å². The van der Waals surface area contributed by atoms with Gasteiger partial charge in [0.25, 0.3) is 0 Å². The molecule has 3 aromatic rings. The Labute approximate surface area is 187 Å². The molecule has 0 saturated carbocycles. The average molecular weight is 433 g/mol. The molecule has 0 radical (unpaired) electrons. The van der Waals surface area contributed by atoms with Crippen LogP contribution in [0.1, 0.15) is 49.4 Å². The van der Waals surface area contributed by atoms with E-state index in [9.17, 15) is 0 Å². The van der Waals surface area contributed by atoms with Crippen molar-refractivity contribution in [2.24, 2.45) is 0 Å². The minimum Gasteiger partial charge on any atom is -0.489 e. The van der Waals surface area contributed by atoms with Crippen molar-refractivity contribution in [2.75, 3.05) is 6.61 Å². The van der Waals surface area contributed by atoms with Crippen LogP contribution >= 0.6 is 0 Å². The predicted octanol–water partition coefficient (Wildman–Crippen LogP) is 4.13. The van der Waals surface area contributed by atoms with Gasteiger partial charge in [-0.15, -0.1) is 0 Å². The summed E-state index contributed by atoms with van der Waals surface area (Å²) in [6.07, 6.45) is 10.00. The first-order valence-electron chi connectivity index (χ1n) is 11.7. The fraction of sp³-hybridized carbons (Fsp3) is 0.480. The van der Waals surface area contributed by atoms with Crippen LogP contribution in [0, 0.1) is 0 Å². The average Bonchev–Trinajstić information content (AvgIpc) is 3.64. The molecule has 3 aliphatic heterocycles. The third kappa shape index (κ3) is 4.02. The highest BCUT2D eigenvalue weighted by Gasteiger charge is 2.44. The number of nitrogens with zero attached hydrogens (tertiary/aromatic N) is 4. The molecule has 3 saturated heterocycles. The van der Waals surface area contributed by atoms with Crippen LogP contribution in [0.25, 0.3) is 11.4 Å². The van der Waals surface area contributed by atoms with Gasteiger partial charge in [0.05, 0.1) is 24.9 Å². The zero-order valence-corrected chi connectivity index (χ0v) is 18.1. The highest BCUT2D eigenvalue weighted by atomic mass is 16.5. The van der Waals surface area contributed by atoms with Crippen molar-refractivity contribution in [1.29, 1.82) is 0 Å². The quantitative estimate of drug-likeness (QED) is 0.559. The summed E-state index contributed by atoms with van der Waals surface area (Å²) in [4.78, 5) is 9.18. The van der Waals surface area contributed by atoms with Crippen molar-refractivity contribution < 1.29 is 14.2 Å². The molecule has 7 heteroatoms. The van der Waals surface area contributed by atoms with Gasteiger partial charge in [-0.3, -0.25) is 4.98 Å². The normalized spacial score (nSPS) is 26.6. The summed E-state index contributed by atoms with van der Waals surface area (Å²) >= 11 is 0. The SMILES string of the molecule is c1cncc(COc2cccc(-c3nc([C@@H]4C[C@@H]5CC[C@H]4O5)n(CC4CCCO4)n3)c2)c1. The second-order valence-electron chi connectivity index (χ2n) is 9.00. The molecule has 3 aliphatic rings. The first-order valence-corrected chi connectivity index (χ1v) is 11.7. The van der Waals surface area contributed by atoms with E-state index in [-0.39, 0.29) is 12.2 Å². The van der Waals surface area contributed by atoms with Gasteiger partial charge >= 0.3 is 0 Å². The maximum Gasteiger partial charge on any atom is 0.181 e. The van der Waals surface area contributed by atoms with E-state index in [0.717, 1.165) is 67.4 Å². The number of pyridine rings is 1. The highest BCUT2D eigenvalue weighted by molar-refractivity contribution is 5.57. The fourth-order valence-electron chi connectivity index (χ4n) is 5.15. The second kappa shape index (κ2) is 8.64. The van der Waals surface area contributed by atoms with Crippen LogP contribution in [-0.4, -0.2) is 44.7 Å². The Hall–Kier alpha value is -2.77. The molecule has 32 heavy (non-hydrogen) atoms. The van der Waals surface area contributed by atoms with Gasteiger partial charge in [-0.1, -0.05) is 18.2 Å². The monoisotopic (exact) mass is 432 g/mol. The summed E-state index contributed by atoms with van der Waals surface area (Å²) in [6, 6.07) is 11.9. The lowest BCUT2D eigenvalue weighted by Gasteiger charge is -2.19. The minimum atomic E-state index is 0.219. The Kier molecular flexibility index (Phi) is 5.37. The molecule has 3 fully saturated rings. The van der Waals surface area contributed by atoms with E-state index in [1.807, 2.05) is 42.6 Å². The third-order valence-corrected chi connectivity index (χ3v) is 6.76. The third-order valence-electron chi connectivity index (χ3n) is 6.76. The molecule has 0 amide bonds. The van der Waals surface area contributed by atoms with Crippen molar-refractivity contribution in [2.45, 2.75) is 69.5 Å². The van der Waals surface area contributed by atoms with Crippen LogP contribution in [0.4, 0.5) is 0 Å². The standard InChI is InChI=1S/C25H28N4O3/c1-5-18(12-19(6-1)31-16-17-4-2-10-26-14-17)24-27-25(22-13-20-8-9-23(22)32-20)29(28-24)15-21-7-3-11-30-21/h1-2,4-6,10,12,14,20-23H,3,7-9,11,13,15-16H2/t20-,21?,22+,23+/m0/s1. The number of hydrogen-bond donors (Lipinski definition) is 0. The van der Waals surface area contributed by atoms with Crippen molar-refractivity contribution in [3.05, 3.63) is 60.2 Å². The second-order valence-corrected chi connectivity index (χ2v) is 9.00. The Bertz CT molecular complexity index is 1060. The van der Waals surface area contributed by atoms with Gasteiger partial charge in [-0.2, -0.15) is 5.10 Å². The van der Waals surface area contributed by atoms with Crippen molar-refractivity contribution in [3.8, 4) is 17.1 Å². The predicted molar refractivity (Wildman–Crippen MR) is 118 cm³/mol. The van der Waals surface area contributed by atoms with Gasteiger partial charge in [-0.05, 0) is 50.3 Å². The number of rotatable bonds is 7. The molecule has 4 atom stereocenters. The molecule has 0 N–H and O–H groups in total. The van der Waals surface area contributed by atoms with Crippen molar-refractivity contribution in [1.82, 2.24) is 19.7 Å². The van der Waals surface area contributed by atoms with E-state index in [1.54, 1.807) is 6.20 Å². The molecule has 7 nitrogen and oxygen atoms in total. The zero-order chi connectivity index (χ0) is 21.3. The lowest BCUT2D eigenvalue weighted by molar-refractivity contribution is 0.0891. The number of hydrogen-bond acceptors (Lipinski definition) is 6. The lowest BCUT2D eigenvalue weighted by Crippen LogP contribution is -2.23. The van der Waals surface area contributed by atoms with Gasteiger partial charge < -0.3 is 14.2 Å². The fourth-order valence-corrected chi connectivity index (χ4v) is 5.15. The summed E-state index contributed by atoms with van der Waals surface area (Å²) in [5.74, 6) is 2.91. The van der Waals surface area contributed by atoms with E-state index in [4.69, 9.17) is 24.3 Å². The largest absolute Gasteiger partial charge is 0.489 e. The van der Waals surface area contributed by atoms with E-state index >= 15 is 0 Å². The lowest BCUT2D eigenvalue weighted by atomic mass is 9.88. The Balaban J connectivity index is 1.26. The maximum absolute atomic E-state index is 6.13.